The van der Waals surface area contributed by atoms with Gasteiger partial charge in [-0.05, 0) is 49.4 Å². The number of nitrogens with one attached hydrogen (secondary N) is 1. The average Bonchev–Trinajstić information content (AvgIpc) is 3.24. The van der Waals surface area contributed by atoms with E-state index in [0.29, 0.717) is 13.0 Å². The molecule has 0 spiro atoms. The van der Waals surface area contributed by atoms with Gasteiger partial charge in [-0.1, -0.05) is 61.7 Å². The van der Waals surface area contributed by atoms with E-state index in [2.05, 4.69) is 5.32 Å². The summed E-state index contributed by atoms with van der Waals surface area (Å²) in [6.45, 7) is 4.33. The van der Waals surface area contributed by atoms with Gasteiger partial charge in [-0.3, -0.25) is 9.59 Å². The van der Waals surface area contributed by atoms with Crippen LogP contribution in [0.1, 0.15) is 55.7 Å². The predicted molar refractivity (Wildman–Crippen MR) is 116 cm³/mol. The van der Waals surface area contributed by atoms with Crippen molar-refractivity contribution in [2.45, 2.75) is 71.0 Å². The van der Waals surface area contributed by atoms with Gasteiger partial charge in [0.2, 0.25) is 11.8 Å². The van der Waals surface area contributed by atoms with Gasteiger partial charge < -0.3 is 10.2 Å². The topological polar surface area (TPSA) is 49.4 Å². The van der Waals surface area contributed by atoms with Crippen LogP contribution in [-0.4, -0.2) is 28.8 Å². The maximum Gasteiger partial charge on any atom is 0.243 e. The number of aryl methyl sites for hydroxylation is 1. The summed E-state index contributed by atoms with van der Waals surface area (Å²) in [5, 5.41) is 3.15. The van der Waals surface area contributed by atoms with Crippen LogP contribution in [0, 0.1) is 12.7 Å². The Hall–Kier alpha value is -2.69. The molecule has 1 aliphatic carbocycles. The molecule has 2 amide bonds. The first-order valence-electron chi connectivity index (χ1n) is 10.9. The molecule has 1 fully saturated rings. The summed E-state index contributed by atoms with van der Waals surface area (Å²) in [6, 6.07) is 13.7. The number of carbonyl (C=O) groups excluding carboxylic acids is 2. The van der Waals surface area contributed by atoms with Crippen LogP contribution in [0.25, 0.3) is 0 Å². The van der Waals surface area contributed by atoms with Gasteiger partial charge in [0, 0.05) is 12.6 Å². The Balaban J connectivity index is 1.80. The Kier molecular flexibility index (Phi) is 7.61. The third kappa shape index (κ3) is 5.91. The number of amides is 2. The zero-order valence-corrected chi connectivity index (χ0v) is 17.9. The first-order valence-corrected chi connectivity index (χ1v) is 10.9. The molecule has 2 aromatic rings. The number of carbonyl (C=O) groups is 2. The molecule has 160 valence electrons. The van der Waals surface area contributed by atoms with Crippen LogP contribution >= 0.6 is 0 Å². The molecule has 0 radical (unpaired) electrons. The van der Waals surface area contributed by atoms with E-state index in [-0.39, 0.29) is 30.1 Å². The molecule has 0 saturated heterocycles. The van der Waals surface area contributed by atoms with Crippen molar-refractivity contribution in [3.8, 4) is 0 Å². The van der Waals surface area contributed by atoms with E-state index >= 15 is 0 Å². The molecule has 5 heteroatoms. The summed E-state index contributed by atoms with van der Waals surface area (Å²) in [5.41, 5.74) is 2.87. The Bertz CT molecular complexity index is 842. The largest absolute Gasteiger partial charge is 0.352 e. The minimum absolute atomic E-state index is 0.0797. The molecular formula is C25H31FN2O2. The number of hydrogen-bond acceptors (Lipinski definition) is 2. The van der Waals surface area contributed by atoms with Crippen LogP contribution in [-0.2, 0) is 22.6 Å². The lowest BCUT2D eigenvalue weighted by Crippen LogP contribution is -2.51. The fourth-order valence-electron chi connectivity index (χ4n) is 4.06. The lowest BCUT2D eigenvalue weighted by molar-refractivity contribution is -0.141. The normalized spacial score (nSPS) is 15.0. The summed E-state index contributed by atoms with van der Waals surface area (Å²) in [5.74, 6) is -0.537. The smallest absolute Gasteiger partial charge is 0.243 e. The van der Waals surface area contributed by atoms with Crippen LogP contribution in [0.2, 0.25) is 0 Å². The SMILES string of the molecule is CC[C@H](C(=O)NC1CCCC1)N(Cc1ccc(C)cc1)C(=O)Cc1ccc(F)cc1. The second-order valence-electron chi connectivity index (χ2n) is 8.22. The summed E-state index contributed by atoms with van der Waals surface area (Å²) in [6.07, 6.45) is 4.96. The third-order valence-corrected chi connectivity index (χ3v) is 5.83. The van der Waals surface area contributed by atoms with Crippen LogP contribution in [0.5, 0.6) is 0 Å². The molecule has 0 aliphatic heterocycles. The maximum absolute atomic E-state index is 13.3. The summed E-state index contributed by atoms with van der Waals surface area (Å²) < 4.78 is 13.2. The van der Waals surface area contributed by atoms with Gasteiger partial charge in [-0.15, -0.1) is 0 Å². The molecule has 1 aliphatic rings. The van der Waals surface area contributed by atoms with Gasteiger partial charge in [0.1, 0.15) is 11.9 Å². The average molecular weight is 411 g/mol. The maximum atomic E-state index is 13.3. The lowest BCUT2D eigenvalue weighted by Gasteiger charge is -2.31. The van der Waals surface area contributed by atoms with E-state index in [9.17, 15) is 14.0 Å². The van der Waals surface area contributed by atoms with Gasteiger partial charge in [0.05, 0.1) is 6.42 Å². The van der Waals surface area contributed by atoms with Crippen molar-refractivity contribution in [3.05, 3.63) is 71.0 Å². The first-order chi connectivity index (χ1) is 14.5. The summed E-state index contributed by atoms with van der Waals surface area (Å²) >= 11 is 0. The number of hydrogen-bond donors (Lipinski definition) is 1. The van der Waals surface area contributed by atoms with Crippen molar-refractivity contribution in [1.29, 1.82) is 0 Å². The second kappa shape index (κ2) is 10.4. The Morgan fingerprint density at radius 2 is 1.63 bits per heavy atom. The predicted octanol–water partition coefficient (Wildman–Crippen LogP) is 4.54. The molecule has 3 rings (SSSR count). The van der Waals surface area contributed by atoms with E-state index < -0.39 is 6.04 Å². The molecule has 1 atom stereocenters. The number of benzene rings is 2. The number of halogens is 1. The molecule has 30 heavy (non-hydrogen) atoms. The minimum atomic E-state index is -0.528. The molecule has 0 unspecified atom stereocenters. The quantitative estimate of drug-likeness (QED) is 0.694. The molecule has 2 aromatic carbocycles. The standard InChI is InChI=1S/C25H31FN2O2/c1-3-23(25(30)27-22-6-4-5-7-22)28(17-20-10-8-18(2)9-11-20)24(29)16-19-12-14-21(26)15-13-19/h8-15,22-23H,3-7,16-17H2,1-2H3,(H,27,30)/t23-/m1/s1. The Labute approximate surface area is 178 Å². The van der Waals surface area contributed by atoms with E-state index in [1.807, 2.05) is 38.1 Å². The zero-order valence-electron chi connectivity index (χ0n) is 17.9. The van der Waals surface area contributed by atoms with Crippen molar-refractivity contribution in [1.82, 2.24) is 10.2 Å². The first kappa shape index (κ1) is 22.0. The Morgan fingerprint density at radius 1 is 1.03 bits per heavy atom. The molecule has 1 saturated carbocycles. The van der Waals surface area contributed by atoms with Crippen molar-refractivity contribution in [2.24, 2.45) is 0 Å². The molecule has 0 heterocycles. The van der Waals surface area contributed by atoms with Crippen LogP contribution < -0.4 is 5.32 Å². The monoisotopic (exact) mass is 410 g/mol. The van der Waals surface area contributed by atoms with E-state index in [4.69, 9.17) is 0 Å². The highest BCUT2D eigenvalue weighted by atomic mass is 19.1. The lowest BCUT2D eigenvalue weighted by atomic mass is 10.1. The molecule has 0 bridgehead atoms. The van der Waals surface area contributed by atoms with Gasteiger partial charge in [0.25, 0.3) is 0 Å². The van der Waals surface area contributed by atoms with Gasteiger partial charge >= 0.3 is 0 Å². The third-order valence-electron chi connectivity index (χ3n) is 5.83. The second-order valence-corrected chi connectivity index (χ2v) is 8.22. The van der Waals surface area contributed by atoms with Crippen molar-refractivity contribution < 1.29 is 14.0 Å². The summed E-state index contributed by atoms with van der Waals surface area (Å²) in [4.78, 5) is 28.0. The van der Waals surface area contributed by atoms with E-state index in [0.717, 1.165) is 42.4 Å². The number of nitrogens with zero attached hydrogens (tertiary/aromatic N) is 1. The highest BCUT2D eigenvalue weighted by molar-refractivity contribution is 5.88. The minimum Gasteiger partial charge on any atom is -0.352 e. The molecule has 1 N–H and O–H groups in total. The highest BCUT2D eigenvalue weighted by Crippen LogP contribution is 2.20. The summed E-state index contributed by atoms with van der Waals surface area (Å²) in [7, 11) is 0. The Morgan fingerprint density at radius 3 is 2.23 bits per heavy atom. The van der Waals surface area contributed by atoms with Gasteiger partial charge in [-0.25, -0.2) is 4.39 Å². The fraction of sp³-hybridized carbons (Fsp3) is 0.440. The molecule has 0 aromatic heterocycles. The van der Waals surface area contributed by atoms with Crippen LogP contribution in [0.15, 0.2) is 48.5 Å². The fourth-order valence-corrected chi connectivity index (χ4v) is 4.06. The highest BCUT2D eigenvalue weighted by Gasteiger charge is 2.30. The van der Waals surface area contributed by atoms with E-state index in [1.54, 1.807) is 17.0 Å². The van der Waals surface area contributed by atoms with Crippen LogP contribution in [0.3, 0.4) is 0 Å². The van der Waals surface area contributed by atoms with E-state index in [1.165, 1.54) is 12.1 Å². The molecular weight excluding hydrogens is 379 g/mol. The molecule has 4 nitrogen and oxygen atoms in total. The van der Waals surface area contributed by atoms with Crippen LogP contribution in [0.4, 0.5) is 4.39 Å². The van der Waals surface area contributed by atoms with Crippen molar-refractivity contribution in [2.75, 3.05) is 0 Å². The number of rotatable bonds is 8. The van der Waals surface area contributed by atoms with Crippen molar-refractivity contribution >= 4 is 11.8 Å². The van der Waals surface area contributed by atoms with Gasteiger partial charge in [0.15, 0.2) is 0 Å². The zero-order chi connectivity index (χ0) is 21.5. The van der Waals surface area contributed by atoms with Gasteiger partial charge in [-0.2, -0.15) is 0 Å². The van der Waals surface area contributed by atoms with Crippen molar-refractivity contribution in [3.63, 3.8) is 0 Å².